The van der Waals surface area contributed by atoms with Gasteiger partial charge in [0.2, 0.25) is 5.91 Å². The molecular weight excluding hydrogens is 436 g/mol. The van der Waals surface area contributed by atoms with Crippen LogP contribution in [0.1, 0.15) is 11.6 Å². The van der Waals surface area contributed by atoms with Gasteiger partial charge in [-0.1, -0.05) is 72.3 Å². The van der Waals surface area contributed by atoms with Crippen LogP contribution in [0.15, 0.2) is 97.1 Å². The van der Waals surface area contributed by atoms with Gasteiger partial charge >= 0.3 is 0 Å². The van der Waals surface area contributed by atoms with E-state index in [2.05, 4.69) is 0 Å². The minimum atomic E-state index is -0.898. The van der Waals surface area contributed by atoms with Crippen LogP contribution in [0.5, 0.6) is 0 Å². The number of para-hydroxylation sites is 1. The molecule has 5 nitrogen and oxygen atoms in total. The Kier molecular flexibility index (Phi) is 4.68. The van der Waals surface area contributed by atoms with Crippen LogP contribution in [0.3, 0.4) is 0 Å². The summed E-state index contributed by atoms with van der Waals surface area (Å²) in [6, 6.07) is 29.9. The van der Waals surface area contributed by atoms with Crippen molar-refractivity contribution in [3.8, 4) is 0 Å². The number of carbonyl (C=O) groups excluding carboxylic acids is 2. The van der Waals surface area contributed by atoms with Gasteiger partial charge in [-0.05, 0) is 52.7 Å². The number of hydrogen-bond acceptors (Lipinski definition) is 4. The van der Waals surface area contributed by atoms with Gasteiger partial charge in [0.05, 0.1) is 17.4 Å². The lowest BCUT2D eigenvalue weighted by Crippen LogP contribution is -2.37. The van der Waals surface area contributed by atoms with Crippen LogP contribution >= 0.6 is 11.6 Å². The van der Waals surface area contributed by atoms with E-state index in [9.17, 15) is 9.59 Å². The zero-order valence-corrected chi connectivity index (χ0v) is 18.2. The van der Waals surface area contributed by atoms with Gasteiger partial charge in [0.15, 0.2) is 6.10 Å². The third-order valence-electron chi connectivity index (χ3n) is 6.33. The maximum Gasteiger partial charge on any atom is 0.266 e. The number of rotatable bonds is 3. The van der Waals surface area contributed by atoms with Gasteiger partial charge in [0, 0.05) is 5.02 Å². The monoisotopic (exact) mass is 454 g/mol. The fraction of sp³-hybridized carbons (Fsp3) is 0.111. The van der Waals surface area contributed by atoms with Gasteiger partial charge in [-0.3, -0.25) is 14.4 Å². The molecule has 2 heterocycles. The zero-order chi connectivity index (χ0) is 22.5. The van der Waals surface area contributed by atoms with Crippen molar-refractivity contribution >= 4 is 45.6 Å². The van der Waals surface area contributed by atoms with Crippen LogP contribution in [0.4, 0.5) is 11.4 Å². The minimum absolute atomic E-state index is 0.265. The molecule has 4 aromatic carbocycles. The van der Waals surface area contributed by atoms with Gasteiger partial charge in [0.1, 0.15) is 5.92 Å². The van der Waals surface area contributed by atoms with Crippen molar-refractivity contribution in [2.45, 2.75) is 12.1 Å². The highest BCUT2D eigenvalue weighted by molar-refractivity contribution is 6.30. The molecular formula is C27H19ClN2O3. The molecule has 4 aromatic rings. The normalized spacial score (nSPS) is 22.3. The molecule has 2 amide bonds. The molecule has 2 fully saturated rings. The molecule has 0 N–H and O–H groups in total. The molecule has 162 valence electrons. The smallest absolute Gasteiger partial charge is 0.266 e. The standard InChI is InChI=1S/C27H19ClN2O3/c28-20-13-10-18(11-14-20)24-23-25(33-30(24)21-8-2-1-3-9-21)27(32)29(26(23)31)22-15-12-17-6-4-5-7-19(17)16-22/h1-16,23-25H/t23-,24-,25-/m1/s1. The van der Waals surface area contributed by atoms with E-state index in [0.717, 1.165) is 22.0 Å². The Morgan fingerprint density at radius 3 is 2.15 bits per heavy atom. The molecule has 3 atom stereocenters. The number of anilines is 2. The van der Waals surface area contributed by atoms with Gasteiger partial charge in [-0.15, -0.1) is 0 Å². The highest BCUT2D eigenvalue weighted by atomic mass is 35.5. The number of nitrogens with zero attached hydrogens (tertiary/aromatic N) is 2. The number of amides is 2. The summed E-state index contributed by atoms with van der Waals surface area (Å²) in [6.45, 7) is 0. The van der Waals surface area contributed by atoms with E-state index in [0.29, 0.717) is 10.7 Å². The molecule has 0 bridgehead atoms. The molecule has 0 spiro atoms. The van der Waals surface area contributed by atoms with Gasteiger partial charge in [0.25, 0.3) is 5.91 Å². The lowest BCUT2D eigenvalue weighted by molar-refractivity contribution is -0.126. The highest BCUT2D eigenvalue weighted by Gasteiger charge is 2.60. The van der Waals surface area contributed by atoms with Crippen LogP contribution in [-0.2, 0) is 14.4 Å². The molecule has 6 heteroatoms. The molecule has 33 heavy (non-hydrogen) atoms. The summed E-state index contributed by atoms with van der Waals surface area (Å²) in [6.07, 6.45) is -0.898. The Bertz CT molecular complexity index is 1370. The number of halogens is 1. The molecule has 2 aliphatic heterocycles. The number of hydroxylamine groups is 1. The van der Waals surface area contributed by atoms with E-state index in [-0.39, 0.29) is 11.8 Å². The molecule has 0 unspecified atom stereocenters. The van der Waals surface area contributed by atoms with E-state index >= 15 is 0 Å². The predicted molar refractivity (Wildman–Crippen MR) is 128 cm³/mol. The predicted octanol–water partition coefficient (Wildman–Crippen LogP) is 5.54. The van der Waals surface area contributed by atoms with Crippen LogP contribution < -0.4 is 9.96 Å². The largest absolute Gasteiger partial charge is 0.273 e. The second kappa shape index (κ2) is 7.73. The van der Waals surface area contributed by atoms with Crippen LogP contribution in [0, 0.1) is 5.92 Å². The first-order valence-electron chi connectivity index (χ1n) is 10.7. The molecule has 0 saturated carbocycles. The van der Waals surface area contributed by atoms with Gasteiger partial charge in [-0.25, -0.2) is 9.96 Å². The zero-order valence-electron chi connectivity index (χ0n) is 17.5. The summed E-state index contributed by atoms with van der Waals surface area (Å²) < 4.78 is 0. The summed E-state index contributed by atoms with van der Waals surface area (Å²) in [5.41, 5.74) is 2.20. The van der Waals surface area contributed by atoms with Crippen molar-refractivity contribution in [1.29, 1.82) is 0 Å². The molecule has 0 aromatic heterocycles. The van der Waals surface area contributed by atoms with Crippen LogP contribution in [0.25, 0.3) is 10.8 Å². The third kappa shape index (κ3) is 3.20. The maximum absolute atomic E-state index is 13.7. The lowest BCUT2D eigenvalue weighted by Gasteiger charge is -2.28. The molecule has 0 radical (unpaired) electrons. The van der Waals surface area contributed by atoms with Crippen molar-refractivity contribution in [1.82, 2.24) is 0 Å². The van der Waals surface area contributed by atoms with Crippen molar-refractivity contribution in [2.24, 2.45) is 5.92 Å². The van der Waals surface area contributed by atoms with Crippen molar-refractivity contribution in [3.05, 3.63) is 108 Å². The molecule has 2 saturated heterocycles. The number of fused-ring (bicyclic) bond motifs is 2. The van der Waals surface area contributed by atoms with E-state index in [1.54, 1.807) is 17.2 Å². The topological polar surface area (TPSA) is 49.9 Å². The fourth-order valence-electron chi connectivity index (χ4n) is 4.78. The van der Waals surface area contributed by atoms with Crippen LogP contribution in [0.2, 0.25) is 5.02 Å². The summed E-state index contributed by atoms with van der Waals surface area (Å²) in [7, 11) is 0. The second-order valence-electron chi connectivity index (χ2n) is 8.25. The first-order valence-corrected chi connectivity index (χ1v) is 11.1. The average Bonchev–Trinajstić information content (AvgIpc) is 3.36. The Morgan fingerprint density at radius 1 is 0.697 bits per heavy atom. The SMILES string of the molecule is O=C1[C@@H]2[C@@H](c3ccc(Cl)cc3)N(c3ccccc3)O[C@H]2C(=O)N1c1ccc2ccccc2c1. The van der Waals surface area contributed by atoms with E-state index in [4.69, 9.17) is 16.4 Å². The summed E-state index contributed by atoms with van der Waals surface area (Å²) in [4.78, 5) is 34.7. The summed E-state index contributed by atoms with van der Waals surface area (Å²) in [5.74, 6) is -1.29. The van der Waals surface area contributed by atoms with Crippen molar-refractivity contribution in [2.75, 3.05) is 9.96 Å². The van der Waals surface area contributed by atoms with Gasteiger partial charge in [-0.2, -0.15) is 0 Å². The van der Waals surface area contributed by atoms with Crippen molar-refractivity contribution in [3.63, 3.8) is 0 Å². The van der Waals surface area contributed by atoms with E-state index in [1.807, 2.05) is 84.9 Å². The Morgan fingerprint density at radius 2 is 1.39 bits per heavy atom. The maximum atomic E-state index is 13.7. The van der Waals surface area contributed by atoms with E-state index in [1.165, 1.54) is 4.90 Å². The van der Waals surface area contributed by atoms with Crippen LogP contribution in [-0.4, -0.2) is 17.9 Å². The van der Waals surface area contributed by atoms with Crippen molar-refractivity contribution < 1.29 is 14.4 Å². The number of carbonyl (C=O) groups is 2. The quantitative estimate of drug-likeness (QED) is 0.381. The Balaban J connectivity index is 1.43. The Hall–Kier alpha value is -3.67. The Labute approximate surface area is 195 Å². The number of imide groups is 1. The number of benzene rings is 4. The summed E-state index contributed by atoms with van der Waals surface area (Å²) in [5, 5.41) is 4.30. The molecule has 2 aliphatic rings. The first-order chi connectivity index (χ1) is 16.1. The molecule has 6 rings (SSSR count). The second-order valence-corrected chi connectivity index (χ2v) is 8.69. The first kappa shape index (κ1) is 20.0. The summed E-state index contributed by atoms with van der Waals surface area (Å²) >= 11 is 6.11. The minimum Gasteiger partial charge on any atom is -0.273 e. The van der Waals surface area contributed by atoms with Gasteiger partial charge < -0.3 is 0 Å². The third-order valence-corrected chi connectivity index (χ3v) is 6.58. The molecule has 0 aliphatic carbocycles. The number of hydrogen-bond donors (Lipinski definition) is 0. The lowest BCUT2D eigenvalue weighted by atomic mass is 9.90. The fourth-order valence-corrected chi connectivity index (χ4v) is 4.91. The van der Waals surface area contributed by atoms with E-state index < -0.39 is 18.1 Å². The highest BCUT2D eigenvalue weighted by Crippen LogP contribution is 2.47. The average molecular weight is 455 g/mol.